The lowest BCUT2D eigenvalue weighted by Gasteiger charge is -2.26. The van der Waals surface area contributed by atoms with Crippen molar-refractivity contribution in [3.05, 3.63) is 53.3 Å². The molecule has 0 fully saturated rings. The molecule has 0 atom stereocenters. The van der Waals surface area contributed by atoms with E-state index in [2.05, 4.69) is 47.5 Å². The molecule has 5 rings (SSSR count). The standard InChI is InChI=1S/C26H30N6O2/c1-16-19-12-11-18(15-22(19)30-32(16)3)31(2)25-20-8-6-7-9-21(20)28-26(29-25)27-17-10-13-23(33-4)24(14-17)34-5/h10-15H,6-9H2,1-5H3,(H,27,28,29). The van der Waals surface area contributed by atoms with E-state index in [9.17, 15) is 0 Å². The summed E-state index contributed by atoms with van der Waals surface area (Å²) >= 11 is 0. The Bertz CT molecular complexity index is 1360. The average molecular weight is 459 g/mol. The Hall–Kier alpha value is -3.81. The Balaban J connectivity index is 1.54. The summed E-state index contributed by atoms with van der Waals surface area (Å²) in [5, 5.41) is 9.20. The number of nitrogens with one attached hydrogen (secondary N) is 1. The first-order chi connectivity index (χ1) is 16.5. The highest BCUT2D eigenvalue weighted by atomic mass is 16.5. The molecule has 0 bridgehead atoms. The minimum atomic E-state index is 0.574. The maximum atomic E-state index is 5.45. The van der Waals surface area contributed by atoms with E-state index in [-0.39, 0.29) is 0 Å². The first-order valence-electron chi connectivity index (χ1n) is 11.5. The third-order valence-electron chi connectivity index (χ3n) is 6.62. The number of hydrogen-bond acceptors (Lipinski definition) is 7. The predicted octanol–water partition coefficient (Wildman–Crippen LogP) is 5.08. The van der Waals surface area contributed by atoms with Gasteiger partial charge in [-0.15, -0.1) is 0 Å². The second kappa shape index (κ2) is 8.85. The first kappa shape index (κ1) is 22.0. The quantitative estimate of drug-likeness (QED) is 0.432. The number of aryl methyl sites for hydroxylation is 3. The van der Waals surface area contributed by atoms with Crippen molar-refractivity contribution in [2.75, 3.05) is 31.5 Å². The van der Waals surface area contributed by atoms with Gasteiger partial charge in [-0.2, -0.15) is 10.1 Å². The molecule has 1 N–H and O–H groups in total. The van der Waals surface area contributed by atoms with Gasteiger partial charge in [-0.1, -0.05) is 0 Å². The van der Waals surface area contributed by atoms with Crippen LogP contribution in [-0.4, -0.2) is 41.0 Å². The van der Waals surface area contributed by atoms with E-state index in [0.29, 0.717) is 17.4 Å². The zero-order chi connectivity index (χ0) is 23.8. The molecule has 0 saturated heterocycles. The van der Waals surface area contributed by atoms with Crippen molar-refractivity contribution >= 4 is 34.0 Å². The van der Waals surface area contributed by atoms with E-state index in [0.717, 1.165) is 59.8 Å². The van der Waals surface area contributed by atoms with Crippen molar-refractivity contribution in [1.29, 1.82) is 0 Å². The van der Waals surface area contributed by atoms with E-state index in [1.165, 1.54) is 10.9 Å². The van der Waals surface area contributed by atoms with Gasteiger partial charge in [-0.3, -0.25) is 4.68 Å². The zero-order valence-corrected chi connectivity index (χ0v) is 20.3. The van der Waals surface area contributed by atoms with E-state index in [4.69, 9.17) is 19.4 Å². The maximum Gasteiger partial charge on any atom is 0.229 e. The van der Waals surface area contributed by atoms with Gasteiger partial charge in [-0.05, 0) is 62.9 Å². The van der Waals surface area contributed by atoms with Gasteiger partial charge in [0.2, 0.25) is 5.95 Å². The van der Waals surface area contributed by atoms with Crippen molar-refractivity contribution in [2.45, 2.75) is 32.6 Å². The van der Waals surface area contributed by atoms with Gasteiger partial charge < -0.3 is 19.7 Å². The van der Waals surface area contributed by atoms with Crippen molar-refractivity contribution in [2.24, 2.45) is 7.05 Å². The minimum absolute atomic E-state index is 0.574. The lowest BCUT2D eigenvalue weighted by molar-refractivity contribution is 0.355. The summed E-state index contributed by atoms with van der Waals surface area (Å²) < 4.78 is 12.7. The van der Waals surface area contributed by atoms with Crippen molar-refractivity contribution < 1.29 is 9.47 Å². The molecular formula is C26H30N6O2. The Morgan fingerprint density at radius 2 is 1.76 bits per heavy atom. The largest absolute Gasteiger partial charge is 0.493 e. The molecule has 176 valence electrons. The van der Waals surface area contributed by atoms with E-state index >= 15 is 0 Å². The van der Waals surface area contributed by atoms with E-state index in [1.54, 1.807) is 14.2 Å². The second-order valence-electron chi connectivity index (χ2n) is 8.67. The van der Waals surface area contributed by atoms with Crippen LogP contribution in [0.2, 0.25) is 0 Å². The van der Waals surface area contributed by atoms with Crippen LogP contribution in [0.25, 0.3) is 10.9 Å². The fourth-order valence-electron chi connectivity index (χ4n) is 4.60. The number of hydrogen-bond donors (Lipinski definition) is 1. The predicted molar refractivity (Wildman–Crippen MR) is 135 cm³/mol. The highest BCUT2D eigenvalue weighted by molar-refractivity contribution is 5.86. The third-order valence-corrected chi connectivity index (χ3v) is 6.62. The van der Waals surface area contributed by atoms with Gasteiger partial charge in [0.25, 0.3) is 0 Å². The molecule has 8 heteroatoms. The maximum absolute atomic E-state index is 5.45. The molecule has 0 saturated carbocycles. The van der Waals surface area contributed by atoms with Crippen LogP contribution in [0, 0.1) is 6.92 Å². The Labute approximate surface area is 199 Å². The zero-order valence-electron chi connectivity index (χ0n) is 20.3. The molecule has 4 aromatic rings. The average Bonchev–Trinajstić information content (AvgIpc) is 3.15. The molecule has 0 spiro atoms. The van der Waals surface area contributed by atoms with Crippen LogP contribution in [0.3, 0.4) is 0 Å². The molecule has 0 unspecified atom stereocenters. The summed E-state index contributed by atoms with van der Waals surface area (Å²) in [5.41, 5.74) is 6.37. The number of fused-ring (bicyclic) bond motifs is 2. The molecule has 8 nitrogen and oxygen atoms in total. The highest BCUT2D eigenvalue weighted by Crippen LogP contribution is 2.35. The Morgan fingerprint density at radius 3 is 2.56 bits per heavy atom. The lowest BCUT2D eigenvalue weighted by Crippen LogP contribution is -2.19. The molecule has 2 aromatic heterocycles. The first-order valence-corrected chi connectivity index (χ1v) is 11.5. The van der Waals surface area contributed by atoms with Gasteiger partial charge in [0.15, 0.2) is 11.5 Å². The Kier molecular flexibility index (Phi) is 5.73. The molecular weight excluding hydrogens is 428 g/mol. The Morgan fingerprint density at radius 1 is 0.971 bits per heavy atom. The number of anilines is 4. The fourth-order valence-corrected chi connectivity index (χ4v) is 4.60. The second-order valence-corrected chi connectivity index (χ2v) is 8.67. The molecule has 0 amide bonds. The van der Waals surface area contributed by atoms with Crippen LogP contribution in [0.4, 0.5) is 23.1 Å². The summed E-state index contributed by atoms with van der Waals surface area (Å²) in [5.74, 6) is 2.84. The van der Waals surface area contributed by atoms with Crippen LogP contribution >= 0.6 is 0 Å². The number of methoxy groups -OCH3 is 2. The van der Waals surface area contributed by atoms with Gasteiger partial charge in [-0.25, -0.2) is 4.98 Å². The van der Waals surface area contributed by atoms with Crippen molar-refractivity contribution in [3.63, 3.8) is 0 Å². The van der Waals surface area contributed by atoms with Crippen LogP contribution in [0.1, 0.15) is 29.8 Å². The highest BCUT2D eigenvalue weighted by Gasteiger charge is 2.22. The van der Waals surface area contributed by atoms with Gasteiger partial charge in [0, 0.05) is 48.2 Å². The normalized spacial score (nSPS) is 13.0. The molecule has 1 aliphatic rings. The summed E-state index contributed by atoms with van der Waals surface area (Å²) in [4.78, 5) is 12.0. The molecule has 0 radical (unpaired) electrons. The SMILES string of the molecule is COc1ccc(Nc2nc3c(c(N(C)c4ccc5c(C)n(C)nc5c4)n2)CCCC3)cc1OC. The fraction of sp³-hybridized carbons (Fsp3) is 0.346. The lowest BCUT2D eigenvalue weighted by atomic mass is 9.96. The van der Waals surface area contributed by atoms with Crippen LogP contribution in [0.5, 0.6) is 11.5 Å². The van der Waals surface area contributed by atoms with Crippen LogP contribution in [0.15, 0.2) is 36.4 Å². The van der Waals surface area contributed by atoms with E-state index < -0.39 is 0 Å². The number of rotatable bonds is 6. The minimum Gasteiger partial charge on any atom is -0.493 e. The van der Waals surface area contributed by atoms with Gasteiger partial charge >= 0.3 is 0 Å². The number of ether oxygens (including phenoxy) is 2. The summed E-state index contributed by atoms with van der Waals surface area (Å²) in [6, 6.07) is 12.1. The van der Waals surface area contributed by atoms with Gasteiger partial charge in [0.05, 0.1) is 25.4 Å². The van der Waals surface area contributed by atoms with Crippen molar-refractivity contribution in [3.8, 4) is 11.5 Å². The summed E-state index contributed by atoms with van der Waals surface area (Å²) in [7, 11) is 7.30. The summed E-state index contributed by atoms with van der Waals surface area (Å²) in [6.45, 7) is 2.09. The summed E-state index contributed by atoms with van der Waals surface area (Å²) in [6.07, 6.45) is 4.23. The monoisotopic (exact) mass is 458 g/mol. The smallest absolute Gasteiger partial charge is 0.229 e. The number of nitrogens with zero attached hydrogens (tertiary/aromatic N) is 5. The number of aromatic nitrogens is 4. The topological polar surface area (TPSA) is 77.3 Å². The third kappa shape index (κ3) is 3.89. The van der Waals surface area contributed by atoms with Crippen LogP contribution in [-0.2, 0) is 19.9 Å². The van der Waals surface area contributed by atoms with Gasteiger partial charge in [0.1, 0.15) is 5.82 Å². The molecule has 0 aliphatic heterocycles. The molecule has 1 aliphatic carbocycles. The van der Waals surface area contributed by atoms with Crippen LogP contribution < -0.4 is 19.7 Å². The molecule has 2 aromatic carbocycles. The molecule has 34 heavy (non-hydrogen) atoms. The van der Waals surface area contributed by atoms with Crippen molar-refractivity contribution in [1.82, 2.24) is 19.7 Å². The number of benzene rings is 2. The van der Waals surface area contributed by atoms with E-state index in [1.807, 2.05) is 29.9 Å². The molecule has 2 heterocycles.